The van der Waals surface area contributed by atoms with Gasteiger partial charge in [0.1, 0.15) is 12.4 Å². The Hall–Kier alpha value is -1.95. The Bertz CT molecular complexity index is 638. The predicted octanol–water partition coefficient (Wildman–Crippen LogP) is 3.54. The summed E-state index contributed by atoms with van der Waals surface area (Å²) in [5, 5.41) is 0.720. The molecule has 0 heterocycles. The SMILES string of the molecule is Cc1cc(Cl)ccc1OCc1ccc(C#CCN)cc1. The molecule has 2 N–H and O–H groups in total. The number of rotatable bonds is 3. The third-order valence-corrected chi connectivity index (χ3v) is 3.06. The minimum atomic E-state index is 0.376. The summed E-state index contributed by atoms with van der Waals surface area (Å²) in [5.74, 6) is 6.67. The Morgan fingerprint density at radius 2 is 1.90 bits per heavy atom. The zero-order chi connectivity index (χ0) is 14.4. The van der Waals surface area contributed by atoms with Crippen LogP contribution in [0.4, 0.5) is 0 Å². The van der Waals surface area contributed by atoms with E-state index in [4.69, 9.17) is 22.1 Å². The predicted molar refractivity (Wildman–Crippen MR) is 82.9 cm³/mol. The van der Waals surface area contributed by atoms with Crippen LogP contribution in [0.15, 0.2) is 42.5 Å². The summed E-state index contributed by atoms with van der Waals surface area (Å²) in [5.41, 5.74) is 8.43. The summed E-state index contributed by atoms with van der Waals surface area (Å²) in [6.45, 7) is 2.88. The van der Waals surface area contributed by atoms with E-state index < -0.39 is 0 Å². The van der Waals surface area contributed by atoms with E-state index in [1.54, 1.807) is 0 Å². The fourth-order valence-corrected chi connectivity index (χ4v) is 2.00. The first-order chi connectivity index (χ1) is 9.69. The first-order valence-corrected chi connectivity index (χ1v) is 6.73. The highest BCUT2D eigenvalue weighted by Gasteiger charge is 2.01. The van der Waals surface area contributed by atoms with E-state index in [2.05, 4.69) is 11.8 Å². The van der Waals surface area contributed by atoms with Crippen LogP contribution in [0.5, 0.6) is 5.75 Å². The molecule has 0 fully saturated rings. The molecule has 0 unspecified atom stereocenters. The average molecular weight is 286 g/mol. The van der Waals surface area contributed by atoms with E-state index in [1.165, 1.54) is 0 Å². The van der Waals surface area contributed by atoms with Gasteiger partial charge in [0.2, 0.25) is 0 Å². The molecular weight excluding hydrogens is 270 g/mol. The Morgan fingerprint density at radius 3 is 2.55 bits per heavy atom. The van der Waals surface area contributed by atoms with Crippen LogP contribution < -0.4 is 10.5 Å². The second kappa shape index (κ2) is 7.00. The summed E-state index contributed by atoms with van der Waals surface area (Å²) in [6, 6.07) is 13.6. The van der Waals surface area contributed by atoms with Gasteiger partial charge >= 0.3 is 0 Å². The van der Waals surface area contributed by atoms with Crippen molar-refractivity contribution in [3.8, 4) is 17.6 Å². The number of benzene rings is 2. The molecule has 20 heavy (non-hydrogen) atoms. The normalized spacial score (nSPS) is 9.75. The van der Waals surface area contributed by atoms with Gasteiger partial charge in [0.15, 0.2) is 0 Å². The van der Waals surface area contributed by atoms with Gasteiger partial charge in [0.25, 0.3) is 0 Å². The molecule has 0 saturated heterocycles. The van der Waals surface area contributed by atoms with Gasteiger partial charge in [-0.15, -0.1) is 0 Å². The van der Waals surface area contributed by atoms with Crippen molar-refractivity contribution in [2.75, 3.05) is 6.54 Å². The van der Waals surface area contributed by atoms with Crippen LogP contribution in [0.3, 0.4) is 0 Å². The quantitative estimate of drug-likeness (QED) is 0.876. The molecule has 0 aliphatic rings. The van der Waals surface area contributed by atoms with Crippen molar-refractivity contribution in [1.82, 2.24) is 0 Å². The molecule has 0 aromatic heterocycles. The molecule has 0 amide bonds. The number of hydrogen-bond acceptors (Lipinski definition) is 2. The zero-order valence-electron chi connectivity index (χ0n) is 11.3. The van der Waals surface area contributed by atoms with Crippen molar-refractivity contribution in [2.45, 2.75) is 13.5 Å². The highest BCUT2D eigenvalue weighted by molar-refractivity contribution is 6.30. The van der Waals surface area contributed by atoms with Crippen LogP contribution in [0.2, 0.25) is 5.02 Å². The molecule has 0 atom stereocenters. The lowest BCUT2D eigenvalue weighted by atomic mass is 10.1. The Balaban J connectivity index is 2.00. The Kier molecular flexibility index (Phi) is 5.06. The third-order valence-electron chi connectivity index (χ3n) is 2.82. The van der Waals surface area contributed by atoms with E-state index in [1.807, 2.05) is 49.4 Å². The maximum Gasteiger partial charge on any atom is 0.122 e. The lowest BCUT2D eigenvalue weighted by molar-refractivity contribution is 0.304. The minimum Gasteiger partial charge on any atom is -0.489 e. The fourth-order valence-electron chi connectivity index (χ4n) is 1.77. The van der Waals surface area contributed by atoms with Crippen LogP contribution in [0.1, 0.15) is 16.7 Å². The highest BCUT2D eigenvalue weighted by atomic mass is 35.5. The van der Waals surface area contributed by atoms with E-state index >= 15 is 0 Å². The molecule has 102 valence electrons. The number of aryl methyl sites for hydroxylation is 1. The first kappa shape index (κ1) is 14.5. The van der Waals surface area contributed by atoms with Gasteiger partial charge in [-0.1, -0.05) is 35.6 Å². The molecule has 3 heteroatoms. The fraction of sp³-hybridized carbons (Fsp3) is 0.176. The summed E-state index contributed by atoms with van der Waals surface area (Å²) in [6.07, 6.45) is 0. The lowest BCUT2D eigenvalue weighted by Gasteiger charge is -2.09. The standard InChI is InChI=1S/C17H16ClNO/c1-13-11-16(18)8-9-17(13)20-12-15-6-4-14(5-7-15)3-2-10-19/h4-9,11H,10,12,19H2,1H3. The summed E-state index contributed by atoms with van der Waals surface area (Å²) in [7, 11) is 0. The molecule has 0 aliphatic heterocycles. The smallest absolute Gasteiger partial charge is 0.122 e. The van der Waals surface area contributed by atoms with Crippen molar-refractivity contribution in [1.29, 1.82) is 0 Å². The average Bonchev–Trinajstić information content (AvgIpc) is 2.45. The summed E-state index contributed by atoms with van der Waals surface area (Å²) >= 11 is 5.92. The van der Waals surface area contributed by atoms with Gasteiger partial charge in [0.05, 0.1) is 6.54 Å². The molecule has 0 bridgehead atoms. The third kappa shape index (κ3) is 4.03. The topological polar surface area (TPSA) is 35.2 Å². The van der Waals surface area contributed by atoms with E-state index in [9.17, 15) is 0 Å². The van der Waals surface area contributed by atoms with Gasteiger partial charge < -0.3 is 10.5 Å². The van der Waals surface area contributed by atoms with E-state index in [0.717, 1.165) is 27.5 Å². The molecule has 0 aliphatic carbocycles. The van der Waals surface area contributed by atoms with Gasteiger partial charge in [-0.25, -0.2) is 0 Å². The van der Waals surface area contributed by atoms with Crippen LogP contribution in [0, 0.1) is 18.8 Å². The van der Waals surface area contributed by atoms with Crippen LogP contribution in [0.25, 0.3) is 0 Å². The van der Waals surface area contributed by atoms with Crippen LogP contribution in [-0.4, -0.2) is 6.54 Å². The van der Waals surface area contributed by atoms with Crippen LogP contribution in [-0.2, 0) is 6.61 Å². The summed E-state index contributed by atoms with van der Waals surface area (Å²) in [4.78, 5) is 0. The van der Waals surface area contributed by atoms with E-state index in [0.29, 0.717) is 13.2 Å². The maximum atomic E-state index is 5.92. The summed E-state index contributed by atoms with van der Waals surface area (Å²) < 4.78 is 5.78. The second-order valence-electron chi connectivity index (χ2n) is 4.40. The van der Waals surface area contributed by atoms with Crippen molar-refractivity contribution >= 4 is 11.6 Å². The molecular formula is C17H16ClNO. The van der Waals surface area contributed by atoms with Gasteiger partial charge in [0, 0.05) is 10.6 Å². The Labute approximate surface area is 124 Å². The minimum absolute atomic E-state index is 0.376. The number of hydrogen-bond donors (Lipinski definition) is 1. The first-order valence-electron chi connectivity index (χ1n) is 6.36. The lowest BCUT2D eigenvalue weighted by Crippen LogP contribution is -1.97. The van der Waals surface area contributed by atoms with Crippen molar-refractivity contribution in [3.05, 3.63) is 64.2 Å². The molecule has 2 aromatic carbocycles. The monoisotopic (exact) mass is 285 g/mol. The largest absolute Gasteiger partial charge is 0.489 e. The zero-order valence-corrected chi connectivity index (χ0v) is 12.1. The van der Waals surface area contributed by atoms with Crippen molar-refractivity contribution in [3.63, 3.8) is 0 Å². The number of halogens is 1. The van der Waals surface area contributed by atoms with Gasteiger partial charge in [-0.05, 0) is 48.4 Å². The van der Waals surface area contributed by atoms with Crippen molar-refractivity contribution in [2.24, 2.45) is 5.73 Å². The van der Waals surface area contributed by atoms with E-state index in [-0.39, 0.29) is 0 Å². The number of ether oxygens (including phenoxy) is 1. The molecule has 2 aromatic rings. The van der Waals surface area contributed by atoms with Crippen LogP contribution >= 0.6 is 11.6 Å². The van der Waals surface area contributed by atoms with Gasteiger partial charge in [-0.2, -0.15) is 0 Å². The Morgan fingerprint density at radius 1 is 1.15 bits per heavy atom. The van der Waals surface area contributed by atoms with Crippen molar-refractivity contribution < 1.29 is 4.74 Å². The molecule has 0 spiro atoms. The highest BCUT2D eigenvalue weighted by Crippen LogP contribution is 2.22. The second-order valence-corrected chi connectivity index (χ2v) is 4.84. The van der Waals surface area contributed by atoms with Gasteiger partial charge in [-0.3, -0.25) is 0 Å². The molecule has 0 saturated carbocycles. The molecule has 2 rings (SSSR count). The molecule has 2 nitrogen and oxygen atoms in total. The maximum absolute atomic E-state index is 5.92. The number of nitrogens with two attached hydrogens (primary N) is 1. The molecule has 0 radical (unpaired) electrons.